The van der Waals surface area contributed by atoms with Crippen molar-refractivity contribution in [2.45, 2.75) is 31.7 Å². The van der Waals surface area contributed by atoms with Gasteiger partial charge in [0.2, 0.25) is 5.91 Å². The number of rotatable bonds is 5. The van der Waals surface area contributed by atoms with Crippen LogP contribution in [0.3, 0.4) is 0 Å². The molecule has 4 nitrogen and oxygen atoms in total. The van der Waals surface area contributed by atoms with Gasteiger partial charge in [0.1, 0.15) is 6.04 Å². The fourth-order valence-corrected chi connectivity index (χ4v) is 2.62. The third-order valence-corrected chi connectivity index (χ3v) is 3.87. The molecule has 0 spiro atoms. The van der Waals surface area contributed by atoms with Crippen LogP contribution < -0.4 is 11.1 Å². The number of nitrogens with one attached hydrogen (secondary N) is 1. The summed E-state index contributed by atoms with van der Waals surface area (Å²) in [6.45, 7) is 3.91. The first-order chi connectivity index (χ1) is 9.77. The molecule has 1 fully saturated rings. The molecule has 4 heteroatoms. The highest BCUT2D eigenvalue weighted by molar-refractivity contribution is 5.82. The zero-order chi connectivity index (χ0) is 14.2. The lowest BCUT2D eigenvalue weighted by Crippen LogP contribution is -2.39. The van der Waals surface area contributed by atoms with E-state index in [1.165, 1.54) is 25.7 Å². The predicted octanol–water partition coefficient (Wildman–Crippen LogP) is 1.68. The van der Waals surface area contributed by atoms with Crippen LogP contribution in [-0.2, 0) is 4.79 Å². The van der Waals surface area contributed by atoms with Gasteiger partial charge in [0.15, 0.2) is 0 Å². The maximum atomic E-state index is 12.0. The zero-order valence-electron chi connectivity index (χ0n) is 12.1. The Hall–Kier alpha value is -1.39. The van der Waals surface area contributed by atoms with E-state index in [1.807, 2.05) is 30.3 Å². The molecule has 0 aliphatic carbocycles. The lowest BCUT2D eigenvalue weighted by Gasteiger charge is -2.20. The lowest BCUT2D eigenvalue weighted by molar-refractivity contribution is -0.122. The average molecular weight is 275 g/mol. The molecule has 2 rings (SSSR count). The molecular weight excluding hydrogens is 250 g/mol. The van der Waals surface area contributed by atoms with Crippen LogP contribution in [0.4, 0.5) is 0 Å². The third-order valence-electron chi connectivity index (χ3n) is 3.87. The standard InChI is InChI=1S/C16H25N3O/c17-15(14-8-4-3-5-9-14)16(20)18-10-13-19-11-6-1-2-7-12-19/h3-5,8-9,15H,1-2,6-7,10-13,17H2,(H,18,20)/t15-/m0/s1. The van der Waals surface area contributed by atoms with Crippen LogP contribution in [-0.4, -0.2) is 37.0 Å². The zero-order valence-corrected chi connectivity index (χ0v) is 12.1. The van der Waals surface area contributed by atoms with Gasteiger partial charge in [0.05, 0.1) is 0 Å². The van der Waals surface area contributed by atoms with Crippen molar-refractivity contribution >= 4 is 5.91 Å². The van der Waals surface area contributed by atoms with Gasteiger partial charge in [-0.25, -0.2) is 0 Å². The molecule has 1 heterocycles. The minimum Gasteiger partial charge on any atom is -0.353 e. The fraction of sp³-hybridized carbons (Fsp3) is 0.562. The first kappa shape index (κ1) is 15.0. The molecule has 1 aliphatic heterocycles. The van der Waals surface area contributed by atoms with Crippen LogP contribution in [0.1, 0.15) is 37.3 Å². The third kappa shape index (κ3) is 4.62. The van der Waals surface area contributed by atoms with E-state index in [0.717, 1.165) is 25.2 Å². The molecule has 0 aromatic heterocycles. The number of nitrogens with two attached hydrogens (primary N) is 1. The number of hydrogen-bond acceptors (Lipinski definition) is 3. The van der Waals surface area contributed by atoms with E-state index >= 15 is 0 Å². The van der Waals surface area contributed by atoms with Crippen molar-refractivity contribution in [2.24, 2.45) is 5.73 Å². The molecule has 0 radical (unpaired) electrons. The highest BCUT2D eigenvalue weighted by Crippen LogP contribution is 2.10. The first-order valence-corrected chi connectivity index (χ1v) is 7.58. The molecule has 1 aromatic carbocycles. The van der Waals surface area contributed by atoms with Gasteiger partial charge in [-0.1, -0.05) is 43.2 Å². The first-order valence-electron chi connectivity index (χ1n) is 7.58. The van der Waals surface area contributed by atoms with E-state index in [-0.39, 0.29) is 5.91 Å². The summed E-state index contributed by atoms with van der Waals surface area (Å²) in [4.78, 5) is 14.4. The number of benzene rings is 1. The highest BCUT2D eigenvalue weighted by atomic mass is 16.2. The lowest BCUT2D eigenvalue weighted by atomic mass is 10.1. The van der Waals surface area contributed by atoms with Crippen LogP contribution in [0, 0.1) is 0 Å². The maximum absolute atomic E-state index is 12.0. The minimum absolute atomic E-state index is 0.0916. The quantitative estimate of drug-likeness (QED) is 0.859. The Morgan fingerprint density at radius 3 is 2.45 bits per heavy atom. The Balaban J connectivity index is 1.72. The molecule has 0 saturated carbocycles. The Labute approximate surface area is 121 Å². The largest absolute Gasteiger partial charge is 0.353 e. The number of hydrogen-bond donors (Lipinski definition) is 2. The number of carbonyl (C=O) groups is 1. The van der Waals surface area contributed by atoms with Crippen LogP contribution in [0.2, 0.25) is 0 Å². The van der Waals surface area contributed by atoms with Gasteiger partial charge in [0.25, 0.3) is 0 Å². The van der Waals surface area contributed by atoms with Gasteiger partial charge in [0, 0.05) is 13.1 Å². The number of amides is 1. The summed E-state index contributed by atoms with van der Waals surface area (Å²) >= 11 is 0. The smallest absolute Gasteiger partial charge is 0.241 e. The molecule has 0 bridgehead atoms. The normalized spacial score (nSPS) is 18.2. The van der Waals surface area contributed by atoms with Gasteiger partial charge in [-0.2, -0.15) is 0 Å². The van der Waals surface area contributed by atoms with E-state index in [2.05, 4.69) is 10.2 Å². The Morgan fingerprint density at radius 1 is 1.15 bits per heavy atom. The monoisotopic (exact) mass is 275 g/mol. The van der Waals surface area contributed by atoms with Gasteiger partial charge < -0.3 is 16.0 Å². The highest BCUT2D eigenvalue weighted by Gasteiger charge is 2.15. The van der Waals surface area contributed by atoms with Crippen molar-refractivity contribution in [3.05, 3.63) is 35.9 Å². The molecule has 1 atom stereocenters. The molecule has 20 heavy (non-hydrogen) atoms. The number of nitrogens with zero attached hydrogens (tertiary/aromatic N) is 1. The Morgan fingerprint density at radius 2 is 1.80 bits per heavy atom. The van der Waals surface area contributed by atoms with Crippen molar-refractivity contribution in [1.82, 2.24) is 10.2 Å². The van der Waals surface area contributed by atoms with Gasteiger partial charge in [-0.05, 0) is 31.5 Å². The fourth-order valence-electron chi connectivity index (χ4n) is 2.62. The Bertz CT molecular complexity index is 399. The maximum Gasteiger partial charge on any atom is 0.241 e. The molecule has 1 aromatic rings. The summed E-state index contributed by atoms with van der Waals surface area (Å²) in [5.41, 5.74) is 6.82. The van der Waals surface area contributed by atoms with Crippen LogP contribution in [0.25, 0.3) is 0 Å². The summed E-state index contributed by atoms with van der Waals surface area (Å²) in [6.07, 6.45) is 5.22. The van der Waals surface area contributed by atoms with Crippen molar-refractivity contribution in [1.29, 1.82) is 0 Å². The molecular formula is C16H25N3O. The summed E-state index contributed by atoms with van der Waals surface area (Å²) in [7, 11) is 0. The van der Waals surface area contributed by atoms with Gasteiger partial charge in [-0.15, -0.1) is 0 Å². The van der Waals surface area contributed by atoms with E-state index in [0.29, 0.717) is 6.54 Å². The Kier molecular flexibility index (Phi) is 6.02. The molecule has 3 N–H and O–H groups in total. The molecule has 1 amide bonds. The average Bonchev–Trinajstić information content (AvgIpc) is 2.76. The second kappa shape index (κ2) is 8.02. The molecule has 110 valence electrons. The van der Waals surface area contributed by atoms with Crippen LogP contribution in [0.5, 0.6) is 0 Å². The van der Waals surface area contributed by atoms with E-state index in [1.54, 1.807) is 0 Å². The predicted molar refractivity (Wildman–Crippen MR) is 81.3 cm³/mol. The van der Waals surface area contributed by atoms with Crippen molar-refractivity contribution in [3.8, 4) is 0 Å². The molecule has 0 unspecified atom stereocenters. The summed E-state index contributed by atoms with van der Waals surface area (Å²) in [6, 6.07) is 8.94. The van der Waals surface area contributed by atoms with E-state index < -0.39 is 6.04 Å². The summed E-state index contributed by atoms with van der Waals surface area (Å²) in [5, 5.41) is 2.94. The summed E-state index contributed by atoms with van der Waals surface area (Å²) < 4.78 is 0. The van der Waals surface area contributed by atoms with Crippen molar-refractivity contribution in [3.63, 3.8) is 0 Å². The number of likely N-dealkylation sites (tertiary alicyclic amines) is 1. The topological polar surface area (TPSA) is 58.4 Å². The van der Waals surface area contributed by atoms with Gasteiger partial charge >= 0.3 is 0 Å². The molecule has 1 aliphatic rings. The van der Waals surface area contributed by atoms with Crippen molar-refractivity contribution in [2.75, 3.05) is 26.2 Å². The molecule has 1 saturated heterocycles. The van der Waals surface area contributed by atoms with Crippen molar-refractivity contribution < 1.29 is 4.79 Å². The second-order valence-electron chi connectivity index (χ2n) is 5.44. The van der Waals surface area contributed by atoms with Crippen LogP contribution in [0.15, 0.2) is 30.3 Å². The SMILES string of the molecule is N[C@H](C(=O)NCCN1CCCCCC1)c1ccccc1. The minimum atomic E-state index is -0.569. The van der Waals surface area contributed by atoms with E-state index in [4.69, 9.17) is 5.73 Å². The van der Waals surface area contributed by atoms with Crippen LogP contribution >= 0.6 is 0 Å². The second-order valence-corrected chi connectivity index (χ2v) is 5.44. The summed E-state index contributed by atoms with van der Waals surface area (Å²) in [5.74, 6) is -0.0916. The van der Waals surface area contributed by atoms with E-state index in [9.17, 15) is 4.79 Å². The number of carbonyl (C=O) groups excluding carboxylic acids is 1. The van der Waals surface area contributed by atoms with Gasteiger partial charge in [-0.3, -0.25) is 4.79 Å².